The molecule has 0 saturated carbocycles. The van der Waals surface area contributed by atoms with Gasteiger partial charge in [-0.15, -0.1) is 0 Å². The predicted octanol–water partition coefficient (Wildman–Crippen LogP) is 0.274. The summed E-state index contributed by atoms with van der Waals surface area (Å²) in [5.74, 6) is -0.329. The van der Waals surface area contributed by atoms with Gasteiger partial charge in [-0.3, -0.25) is 4.79 Å². The minimum atomic E-state index is -1.10. The Kier molecular flexibility index (Phi) is 7.37. The zero-order valence-corrected chi connectivity index (χ0v) is 8.99. The molecule has 0 aliphatic rings. The summed E-state index contributed by atoms with van der Waals surface area (Å²) in [6.45, 7) is 2.53. The molecular formula is C9H18NO4. The van der Waals surface area contributed by atoms with Gasteiger partial charge in [0.2, 0.25) is 6.29 Å². The topological polar surface area (TPSA) is 58.7 Å². The monoisotopic (exact) mass is 204 g/mol. The van der Waals surface area contributed by atoms with Crippen molar-refractivity contribution in [2.75, 3.05) is 33.9 Å². The van der Waals surface area contributed by atoms with Crippen molar-refractivity contribution in [3.05, 3.63) is 0 Å². The highest BCUT2D eigenvalue weighted by molar-refractivity contribution is 5.69. The SMILES string of the molecule is CCOC(=O)CCOC([O])CN(C)C. The number of rotatable bonds is 7. The van der Waals surface area contributed by atoms with Gasteiger partial charge >= 0.3 is 5.97 Å². The van der Waals surface area contributed by atoms with Gasteiger partial charge in [-0.05, 0) is 21.0 Å². The molecule has 0 aromatic heterocycles. The summed E-state index contributed by atoms with van der Waals surface area (Å²) in [6.07, 6.45) is -0.959. The summed E-state index contributed by atoms with van der Waals surface area (Å²) < 4.78 is 9.55. The van der Waals surface area contributed by atoms with Crippen LogP contribution < -0.4 is 0 Å². The van der Waals surface area contributed by atoms with E-state index in [1.165, 1.54) is 0 Å². The van der Waals surface area contributed by atoms with Crippen molar-refractivity contribution in [3.63, 3.8) is 0 Å². The van der Waals surface area contributed by atoms with Crippen LogP contribution >= 0.6 is 0 Å². The van der Waals surface area contributed by atoms with E-state index < -0.39 is 6.29 Å². The van der Waals surface area contributed by atoms with E-state index in [4.69, 9.17) is 4.74 Å². The van der Waals surface area contributed by atoms with E-state index in [0.29, 0.717) is 13.2 Å². The Morgan fingerprint density at radius 3 is 2.57 bits per heavy atom. The van der Waals surface area contributed by atoms with Crippen LogP contribution in [-0.2, 0) is 19.4 Å². The maximum atomic E-state index is 11.1. The maximum absolute atomic E-state index is 11.1. The quantitative estimate of drug-likeness (QED) is 0.441. The van der Waals surface area contributed by atoms with Gasteiger partial charge in [-0.25, -0.2) is 5.11 Å². The molecule has 14 heavy (non-hydrogen) atoms. The zero-order valence-electron chi connectivity index (χ0n) is 8.99. The van der Waals surface area contributed by atoms with E-state index >= 15 is 0 Å². The molecule has 0 rings (SSSR count). The number of likely N-dealkylation sites (N-methyl/N-ethyl adjacent to an activating group) is 1. The molecule has 83 valence electrons. The summed E-state index contributed by atoms with van der Waals surface area (Å²) in [5, 5.41) is 11.1. The number of hydrogen-bond donors (Lipinski definition) is 0. The van der Waals surface area contributed by atoms with Crippen molar-refractivity contribution >= 4 is 5.97 Å². The second-order valence-electron chi connectivity index (χ2n) is 3.12. The first-order chi connectivity index (χ1) is 6.56. The van der Waals surface area contributed by atoms with Crippen LogP contribution in [0.2, 0.25) is 0 Å². The Morgan fingerprint density at radius 1 is 1.43 bits per heavy atom. The molecule has 1 radical (unpaired) electrons. The summed E-state index contributed by atoms with van der Waals surface area (Å²) in [6, 6.07) is 0. The number of ether oxygens (including phenoxy) is 2. The predicted molar refractivity (Wildman–Crippen MR) is 50.2 cm³/mol. The average Bonchev–Trinajstić information content (AvgIpc) is 2.02. The van der Waals surface area contributed by atoms with E-state index in [-0.39, 0.29) is 19.0 Å². The van der Waals surface area contributed by atoms with E-state index in [0.717, 1.165) is 0 Å². The van der Waals surface area contributed by atoms with Gasteiger partial charge in [0.05, 0.1) is 26.2 Å². The molecule has 1 atom stereocenters. The van der Waals surface area contributed by atoms with Gasteiger partial charge in [-0.1, -0.05) is 0 Å². The normalized spacial score (nSPS) is 12.9. The van der Waals surface area contributed by atoms with Gasteiger partial charge in [0, 0.05) is 0 Å². The van der Waals surface area contributed by atoms with Gasteiger partial charge in [0.1, 0.15) is 0 Å². The largest absolute Gasteiger partial charge is 0.466 e. The lowest BCUT2D eigenvalue weighted by atomic mass is 10.4. The van der Waals surface area contributed by atoms with Gasteiger partial charge in [-0.2, -0.15) is 0 Å². The molecule has 5 heteroatoms. The second-order valence-corrected chi connectivity index (χ2v) is 3.12. The Labute approximate surface area is 84.6 Å². The standard InChI is InChI=1S/C9H18NO4/c1-4-13-8(11)5-6-14-9(12)7-10(2)3/h9H,4-7H2,1-3H3. The van der Waals surface area contributed by atoms with Crippen molar-refractivity contribution in [2.24, 2.45) is 0 Å². The van der Waals surface area contributed by atoms with E-state index in [2.05, 4.69) is 4.74 Å². The second kappa shape index (κ2) is 7.73. The van der Waals surface area contributed by atoms with Gasteiger partial charge in [0.15, 0.2) is 0 Å². The first-order valence-corrected chi connectivity index (χ1v) is 4.64. The lowest BCUT2D eigenvalue weighted by Crippen LogP contribution is -2.27. The lowest BCUT2D eigenvalue weighted by Gasteiger charge is -2.14. The highest BCUT2D eigenvalue weighted by Gasteiger charge is 2.09. The van der Waals surface area contributed by atoms with Crippen LogP contribution in [0.5, 0.6) is 0 Å². The van der Waals surface area contributed by atoms with Crippen LogP contribution in [0.15, 0.2) is 0 Å². The van der Waals surface area contributed by atoms with E-state index in [1.807, 2.05) is 0 Å². The molecule has 5 nitrogen and oxygen atoms in total. The summed E-state index contributed by atoms with van der Waals surface area (Å²) in [7, 11) is 3.58. The highest BCUT2D eigenvalue weighted by atomic mass is 16.6. The van der Waals surface area contributed by atoms with Crippen molar-refractivity contribution in [1.82, 2.24) is 4.90 Å². The molecule has 0 bridgehead atoms. The van der Waals surface area contributed by atoms with Crippen LogP contribution in [0.1, 0.15) is 13.3 Å². The Hall–Kier alpha value is -0.650. The molecule has 1 unspecified atom stereocenters. The Balaban J connectivity index is 3.39. The zero-order chi connectivity index (χ0) is 11.0. The van der Waals surface area contributed by atoms with Crippen molar-refractivity contribution in [2.45, 2.75) is 19.6 Å². The molecule has 0 heterocycles. The number of carbonyl (C=O) groups excluding carboxylic acids is 1. The van der Waals surface area contributed by atoms with Crippen molar-refractivity contribution in [3.8, 4) is 0 Å². The minimum absolute atomic E-state index is 0.126. The average molecular weight is 204 g/mol. The summed E-state index contributed by atoms with van der Waals surface area (Å²) in [4.78, 5) is 12.6. The van der Waals surface area contributed by atoms with Gasteiger partial charge < -0.3 is 14.4 Å². The maximum Gasteiger partial charge on any atom is 0.308 e. The molecule has 0 aromatic rings. The number of carbonyl (C=O) groups is 1. The van der Waals surface area contributed by atoms with Crippen molar-refractivity contribution < 1.29 is 19.4 Å². The summed E-state index contributed by atoms with van der Waals surface area (Å²) in [5.41, 5.74) is 0. The fourth-order valence-electron chi connectivity index (χ4n) is 0.858. The first-order valence-electron chi connectivity index (χ1n) is 4.64. The molecule has 0 aromatic carbocycles. The number of nitrogens with zero attached hydrogens (tertiary/aromatic N) is 1. The Morgan fingerprint density at radius 2 is 2.07 bits per heavy atom. The highest BCUT2D eigenvalue weighted by Crippen LogP contribution is 1.94. The van der Waals surface area contributed by atoms with Crippen LogP contribution in [0.4, 0.5) is 0 Å². The van der Waals surface area contributed by atoms with E-state index in [1.54, 1.807) is 25.9 Å². The fraction of sp³-hybridized carbons (Fsp3) is 0.889. The third-order valence-electron chi connectivity index (χ3n) is 1.43. The molecule has 0 saturated heterocycles. The fourth-order valence-corrected chi connectivity index (χ4v) is 0.858. The third kappa shape index (κ3) is 7.97. The summed E-state index contributed by atoms with van der Waals surface area (Å²) >= 11 is 0. The molecule has 0 spiro atoms. The molecule has 0 aliphatic carbocycles. The molecular weight excluding hydrogens is 186 g/mol. The number of hydrogen-bond acceptors (Lipinski definition) is 4. The third-order valence-corrected chi connectivity index (χ3v) is 1.43. The Bertz CT molecular complexity index is 161. The smallest absolute Gasteiger partial charge is 0.308 e. The van der Waals surface area contributed by atoms with Crippen LogP contribution in [0, 0.1) is 0 Å². The van der Waals surface area contributed by atoms with Crippen LogP contribution in [0.25, 0.3) is 0 Å². The van der Waals surface area contributed by atoms with Crippen molar-refractivity contribution in [1.29, 1.82) is 0 Å². The molecule has 0 aliphatic heterocycles. The molecule has 0 N–H and O–H groups in total. The molecule has 0 fully saturated rings. The van der Waals surface area contributed by atoms with E-state index in [9.17, 15) is 9.90 Å². The molecule has 0 amide bonds. The van der Waals surface area contributed by atoms with Crippen LogP contribution in [0.3, 0.4) is 0 Å². The van der Waals surface area contributed by atoms with Crippen LogP contribution in [-0.4, -0.2) is 51.0 Å². The number of esters is 1. The minimum Gasteiger partial charge on any atom is -0.466 e. The first kappa shape index (κ1) is 13.4. The lowest BCUT2D eigenvalue weighted by molar-refractivity contribution is -0.159. The van der Waals surface area contributed by atoms with Gasteiger partial charge in [0.25, 0.3) is 0 Å².